The van der Waals surface area contributed by atoms with E-state index in [2.05, 4.69) is 4.72 Å². The van der Waals surface area contributed by atoms with Crippen LogP contribution in [0.15, 0.2) is 47.4 Å². The fourth-order valence-corrected chi connectivity index (χ4v) is 4.60. The van der Waals surface area contributed by atoms with Gasteiger partial charge in [-0.1, -0.05) is 36.4 Å². The smallest absolute Gasteiger partial charge is 0.241 e. The van der Waals surface area contributed by atoms with Crippen LogP contribution in [0, 0.1) is 20.8 Å². The number of nitrogens with one attached hydrogen (secondary N) is 1. The molecule has 1 N–H and O–H groups in total. The average Bonchev–Trinajstić information content (AvgIpc) is 2.69. The fraction of sp³-hybridized carbons (Fsp3) is 0.381. The van der Waals surface area contributed by atoms with Crippen LogP contribution >= 0.6 is 0 Å². The van der Waals surface area contributed by atoms with Crippen LogP contribution in [-0.2, 0) is 19.6 Å². The van der Waals surface area contributed by atoms with Crippen LogP contribution < -0.4 is 4.72 Å². The van der Waals surface area contributed by atoms with Crippen molar-refractivity contribution in [1.82, 2.24) is 9.62 Å². The van der Waals surface area contributed by atoms with Gasteiger partial charge in [0.25, 0.3) is 0 Å². The topological polar surface area (TPSA) is 75.7 Å². The molecule has 28 heavy (non-hydrogen) atoms. The van der Waals surface area contributed by atoms with Crippen LogP contribution in [-0.4, -0.2) is 45.5 Å². The molecule has 1 aliphatic rings. The van der Waals surface area contributed by atoms with Crippen LogP contribution in [0.25, 0.3) is 0 Å². The molecule has 1 aliphatic heterocycles. The van der Waals surface area contributed by atoms with E-state index in [4.69, 9.17) is 4.74 Å². The SMILES string of the molecule is Cc1cc(C)c(S(=O)(=O)NCC(=O)N2CCO[C@H](c3ccccc3)C2)cc1C. The molecule has 2 aromatic carbocycles. The van der Waals surface area contributed by atoms with Crippen molar-refractivity contribution in [2.45, 2.75) is 31.8 Å². The summed E-state index contributed by atoms with van der Waals surface area (Å²) in [7, 11) is -3.76. The highest BCUT2D eigenvalue weighted by Gasteiger charge is 2.26. The highest BCUT2D eigenvalue weighted by atomic mass is 32.2. The summed E-state index contributed by atoms with van der Waals surface area (Å²) in [6.45, 7) is 6.59. The number of ether oxygens (including phenoxy) is 1. The molecule has 0 unspecified atom stereocenters. The summed E-state index contributed by atoms with van der Waals surface area (Å²) in [5.74, 6) is -0.255. The Morgan fingerprint density at radius 1 is 1.11 bits per heavy atom. The average molecular weight is 403 g/mol. The molecule has 0 radical (unpaired) electrons. The van der Waals surface area contributed by atoms with Crippen LogP contribution in [0.2, 0.25) is 0 Å². The third-order valence-electron chi connectivity index (χ3n) is 5.08. The monoisotopic (exact) mass is 402 g/mol. The number of hydrogen-bond acceptors (Lipinski definition) is 4. The second kappa shape index (κ2) is 8.43. The van der Waals surface area contributed by atoms with Crippen molar-refractivity contribution in [2.75, 3.05) is 26.2 Å². The summed E-state index contributed by atoms with van der Waals surface area (Å²) in [6, 6.07) is 13.2. The van der Waals surface area contributed by atoms with Gasteiger partial charge < -0.3 is 9.64 Å². The van der Waals surface area contributed by atoms with E-state index in [0.29, 0.717) is 25.3 Å². The molecule has 3 rings (SSSR count). The molecule has 150 valence electrons. The molecule has 1 fully saturated rings. The van der Waals surface area contributed by atoms with Gasteiger partial charge in [0.2, 0.25) is 15.9 Å². The van der Waals surface area contributed by atoms with Gasteiger partial charge in [0.1, 0.15) is 6.10 Å². The summed E-state index contributed by atoms with van der Waals surface area (Å²) in [4.78, 5) is 14.5. The first-order chi connectivity index (χ1) is 13.3. The molecule has 1 amide bonds. The molecule has 1 saturated heterocycles. The largest absolute Gasteiger partial charge is 0.370 e. The number of morpholine rings is 1. The third kappa shape index (κ3) is 4.60. The third-order valence-corrected chi connectivity index (χ3v) is 6.63. The number of aryl methyl sites for hydroxylation is 3. The zero-order chi connectivity index (χ0) is 20.3. The normalized spacial score (nSPS) is 17.5. The van der Waals surface area contributed by atoms with Crippen LogP contribution in [0.3, 0.4) is 0 Å². The molecule has 1 heterocycles. The molecular formula is C21H26N2O4S. The lowest BCUT2D eigenvalue weighted by atomic mass is 10.1. The number of carbonyl (C=O) groups is 1. The molecule has 2 aromatic rings. The van der Waals surface area contributed by atoms with Gasteiger partial charge in [0.05, 0.1) is 24.6 Å². The molecule has 6 nitrogen and oxygen atoms in total. The minimum atomic E-state index is -3.76. The van der Waals surface area contributed by atoms with E-state index in [-0.39, 0.29) is 23.5 Å². The Bertz CT molecular complexity index is 958. The van der Waals surface area contributed by atoms with E-state index in [1.54, 1.807) is 17.9 Å². The summed E-state index contributed by atoms with van der Waals surface area (Å²) in [6.07, 6.45) is -0.197. The lowest BCUT2D eigenvalue weighted by Gasteiger charge is -2.33. The number of nitrogens with zero attached hydrogens (tertiary/aromatic N) is 1. The highest BCUT2D eigenvalue weighted by molar-refractivity contribution is 7.89. The molecule has 0 aromatic heterocycles. The van der Waals surface area contributed by atoms with Gasteiger partial charge in [-0.15, -0.1) is 0 Å². The Morgan fingerprint density at radius 3 is 2.50 bits per heavy atom. The summed E-state index contributed by atoms with van der Waals surface area (Å²) < 4.78 is 33.6. The molecule has 1 atom stereocenters. The fourth-order valence-electron chi connectivity index (χ4n) is 3.32. The first kappa shape index (κ1) is 20.5. The van der Waals surface area contributed by atoms with Gasteiger partial charge in [-0.25, -0.2) is 13.1 Å². The Kier molecular flexibility index (Phi) is 6.17. The zero-order valence-corrected chi connectivity index (χ0v) is 17.3. The van der Waals surface area contributed by atoms with Crippen molar-refractivity contribution in [2.24, 2.45) is 0 Å². The number of sulfonamides is 1. The number of hydrogen-bond donors (Lipinski definition) is 1. The van der Waals surface area contributed by atoms with Gasteiger partial charge in [0.15, 0.2) is 0 Å². The van der Waals surface area contributed by atoms with Crippen LogP contribution in [0.5, 0.6) is 0 Å². The van der Waals surface area contributed by atoms with Gasteiger partial charge in [0, 0.05) is 6.54 Å². The summed E-state index contributed by atoms with van der Waals surface area (Å²) in [5, 5.41) is 0. The van der Waals surface area contributed by atoms with Crippen molar-refractivity contribution >= 4 is 15.9 Å². The molecule has 0 bridgehead atoms. The predicted molar refractivity (Wildman–Crippen MR) is 108 cm³/mol. The molecule has 0 saturated carbocycles. The molecular weight excluding hydrogens is 376 g/mol. The van der Waals surface area contributed by atoms with Gasteiger partial charge in [-0.2, -0.15) is 0 Å². The zero-order valence-electron chi connectivity index (χ0n) is 16.4. The van der Waals surface area contributed by atoms with E-state index < -0.39 is 10.0 Å². The summed E-state index contributed by atoms with van der Waals surface area (Å²) >= 11 is 0. The Labute approximate surface area is 166 Å². The van der Waals surface area contributed by atoms with E-state index in [9.17, 15) is 13.2 Å². The maximum Gasteiger partial charge on any atom is 0.241 e. The van der Waals surface area contributed by atoms with Crippen molar-refractivity contribution in [1.29, 1.82) is 0 Å². The number of carbonyl (C=O) groups excluding carboxylic acids is 1. The van der Waals surface area contributed by atoms with Crippen molar-refractivity contribution in [3.63, 3.8) is 0 Å². The Balaban J connectivity index is 1.65. The van der Waals surface area contributed by atoms with E-state index in [0.717, 1.165) is 16.7 Å². The Hall–Kier alpha value is -2.22. The number of rotatable bonds is 5. The predicted octanol–water partition coefficient (Wildman–Crippen LogP) is 2.49. The van der Waals surface area contributed by atoms with Crippen LogP contribution in [0.1, 0.15) is 28.4 Å². The quantitative estimate of drug-likeness (QED) is 0.834. The van der Waals surface area contributed by atoms with Crippen molar-refractivity contribution < 1.29 is 17.9 Å². The minimum absolute atomic E-state index is 0.197. The first-order valence-electron chi connectivity index (χ1n) is 9.30. The lowest BCUT2D eigenvalue weighted by Crippen LogP contribution is -2.46. The lowest BCUT2D eigenvalue weighted by molar-refractivity contribution is -0.137. The first-order valence-corrected chi connectivity index (χ1v) is 10.8. The highest BCUT2D eigenvalue weighted by Crippen LogP contribution is 2.22. The Morgan fingerprint density at radius 2 is 1.79 bits per heavy atom. The second-order valence-electron chi connectivity index (χ2n) is 7.14. The minimum Gasteiger partial charge on any atom is -0.370 e. The summed E-state index contributed by atoms with van der Waals surface area (Å²) in [5.41, 5.74) is 3.61. The van der Waals surface area contributed by atoms with Gasteiger partial charge >= 0.3 is 0 Å². The number of amides is 1. The van der Waals surface area contributed by atoms with E-state index in [1.807, 2.05) is 50.2 Å². The number of benzene rings is 2. The van der Waals surface area contributed by atoms with E-state index in [1.165, 1.54) is 0 Å². The maximum absolute atomic E-state index is 12.7. The van der Waals surface area contributed by atoms with Gasteiger partial charge in [-0.3, -0.25) is 4.79 Å². The second-order valence-corrected chi connectivity index (χ2v) is 8.87. The van der Waals surface area contributed by atoms with E-state index >= 15 is 0 Å². The molecule has 0 spiro atoms. The standard InChI is InChI=1S/C21H26N2O4S/c1-15-11-17(3)20(12-16(15)2)28(25,26)22-13-21(24)23-9-10-27-19(14-23)18-7-5-4-6-8-18/h4-8,11-12,19,22H,9-10,13-14H2,1-3H3/t19-/m0/s1. The van der Waals surface area contributed by atoms with Crippen molar-refractivity contribution in [3.05, 3.63) is 64.7 Å². The molecule has 7 heteroatoms. The molecule has 0 aliphatic carbocycles. The van der Waals surface area contributed by atoms with Crippen LogP contribution in [0.4, 0.5) is 0 Å². The van der Waals surface area contributed by atoms with Gasteiger partial charge in [-0.05, 0) is 49.1 Å². The van der Waals surface area contributed by atoms with Crippen molar-refractivity contribution in [3.8, 4) is 0 Å². The maximum atomic E-state index is 12.7.